The zero-order valence-electron chi connectivity index (χ0n) is 12.1. The van der Waals surface area contributed by atoms with Crippen molar-refractivity contribution in [2.75, 3.05) is 18.1 Å². The Hall–Kier alpha value is -1.65. The second kappa shape index (κ2) is 9.38. The van der Waals surface area contributed by atoms with Gasteiger partial charge in [0.1, 0.15) is 5.75 Å². The zero-order chi connectivity index (χ0) is 15.6. The van der Waals surface area contributed by atoms with Crippen LogP contribution >= 0.6 is 23.4 Å². The largest absolute Gasteiger partial charge is 0.493 e. The van der Waals surface area contributed by atoms with Crippen LogP contribution in [0.2, 0.25) is 5.02 Å². The molecule has 0 atom stereocenters. The van der Waals surface area contributed by atoms with Crippen LogP contribution in [0.5, 0.6) is 5.75 Å². The number of amides is 1. The van der Waals surface area contributed by atoms with Crippen molar-refractivity contribution in [3.05, 3.63) is 65.2 Å². The molecule has 1 N–H and O–H groups in total. The van der Waals surface area contributed by atoms with Gasteiger partial charge in [0.2, 0.25) is 5.91 Å². The van der Waals surface area contributed by atoms with Crippen molar-refractivity contribution in [3.63, 3.8) is 0 Å². The predicted molar refractivity (Wildman–Crippen MR) is 92.6 cm³/mol. The van der Waals surface area contributed by atoms with Crippen molar-refractivity contribution in [3.8, 4) is 5.75 Å². The third-order valence-electron chi connectivity index (χ3n) is 2.88. The van der Waals surface area contributed by atoms with Crippen molar-refractivity contribution in [1.82, 2.24) is 5.32 Å². The van der Waals surface area contributed by atoms with E-state index in [2.05, 4.69) is 5.32 Å². The molecule has 0 aliphatic heterocycles. The maximum atomic E-state index is 11.7. The molecule has 22 heavy (non-hydrogen) atoms. The van der Waals surface area contributed by atoms with Crippen molar-refractivity contribution in [2.45, 2.75) is 6.54 Å². The standard InChI is InChI=1S/C17H18ClNO2S/c18-15-6-8-16(9-7-15)21-10-11-22-13-17(20)19-12-14-4-2-1-3-5-14/h1-9H,10-13H2,(H,19,20). The third kappa shape index (κ3) is 6.41. The summed E-state index contributed by atoms with van der Waals surface area (Å²) in [6, 6.07) is 17.1. The van der Waals surface area contributed by atoms with Crippen LogP contribution in [0.4, 0.5) is 0 Å². The van der Waals surface area contributed by atoms with Crippen LogP contribution in [0.15, 0.2) is 54.6 Å². The van der Waals surface area contributed by atoms with E-state index in [0.29, 0.717) is 23.9 Å². The Kier molecular flexibility index (Phi) is 7.13. The highest BCUT2D eigenvalue weighted by molar-refractivity contribution is 7.99. The predicted octanol–water partition coefficient (Wildman–Crippen LogP) is 3.77. The SMILES string of the molecule is O=C(CSCCOc1ccc(Cl)cc1)NCc1ccccc1. The van der Waals surface area contributed by atoms with Crippen LogP contribution in [0.25, 0.3) is 0 Å². The molecule has 0 aliphatic carbocycles. The minimum absolute atomic E-state index is 0.0420. The van der Waals surface area contributed by atoms with Crippen LogP contribution in [0, 0.1) is 0 Å². The number of rotatable bonds is 8. The molecule has 5 heteroatoms. The highest BCUT2D eigenvalue weighted by atomic mass is 35.5. The first kappa shape index (κ1) is 16.7. The Labute approximate surface area is 140 Å². The third-order valence-corrected chi connectivity index (χ3v) is 4.05. The number of halogens is 1. The molecule has 116 valence electrons. The van der Waals surface area contributed by atoms with Gasteiger partial charge < -0.3 is 10.1 Å². The van der Waals surface area contributed by atoms with Gasteiger partial charge in [0.15, 0.2) is 0 Å². The molecule has 0 aliphatic rings. The molecule has 0 saturated heterocycles. The lowest BCUT2D eigenvalue weighted by molar-refractivity contribution is -0.118. The fourth-order valence-electron chi connectivity index (χ4n) is 1.76. The topological polar surface area (TPSA) is 38.3 Å². The molecular weight excluding hydrogens is 318 g/mol. The second-order valence-corrected chi connectivity index (χ2v) is 6.16. The van der Waals surface area contributed by atoms with Crippen molar-refractivity contribution in [2.24, 2.45) is 0 Å². The van der Waals surface area contributed by atoms with Gasteiger partial charge in [0, 0.05) is 17.3 Å². The molecule has 0 unspecified atom stereocenters. The van der Waals surface area contributed by atoms with Gasteiger partial charge in [-0.25, -0.2) is 0 Å². The Balaban J connectivity index is 1.54. The second-order valence-electron chi connectivity index (χ2n) is 4.62. The minimum Gasteiger partial charge on any atom is -0.493 e. The van der Waals surface area contributed by atoms with Crippen molar-refractivity contribution < 1.29 is 9.53 Å². The molecule has 1 amide bonds. The Morgan fingerprint density at radius 1 is 1.09 bits per heavy atom. The lowest BCUT2D eigenvalue weighted by Crippen LogP contribution is -2.24. The first-order valence-corrected chi connectivity index (χ1v) is 8.54. The molecule has 3 nitrogen and oxygen atoms in total. The van der Waals surface area contributed by atoms with Gasteiger partial charge in [-0.05, 0) is 29.8 Å². The molecule has 0 radical (unpaired) electrons. The fourth-order valence-corrected chi connectivity index (χ4v) is 2.52. The van der Waals surface area contributed by atoms with Crippen LogP contribution in [0.1, 0.15) is 5.56 Å². The number of benzene rings is 2. The summed E-state index contributed by atoms with van der Waals surface area (Å²) in [4.78, 5) is 11.7. The summed E-state index contributed by atoms with van der Waals surface area (Å²) in [5.41, 5.74) is 1.10. The molecular formula is C17H18ClNO2S. The molecule has 0 fully saturated rings. The fraction of sp³-hybridized carbons (Fsp3) is 0.235. The molecule has 2 aromatic carbocycles. The summed E-state index contributed by atoms with van der Waals surface area (Å²) in [5, 5.41) is 3.59. The molecule has 0 saturated carbocycles. The summed E-state index contributed by atoms with van der Waals surface area (Å²) < 4.78 is 5.56. The molecule has 0 bridgehead atoms. The molecule has 0 aromatic heterocycles. The van der Waals surface area contributed by atoms with E-state index < -0.39 is 0 Å². The summed E-state index contributed by atoms with van der Waals surface area (Å²) in [7, 11) is 0. The number of thioether (sulfide) groups is 1. The average molecular weight is 336 g/mol. The first-order chi connectivity index (χ1) is 10.7. The number of carbonyl (C=O) groups excluding carboxylic acids is 1. The van der Waals surface area contributed by atoms with E-state index in [-0.39, 0.29) is 5.91 Å². The molecule has 0 spiro atoms. The van der Waals surface area contributed by atoms with E-state index in [0.717, 1.165) is 17.1 Å². The highest BCUT2D eigenvalue weighted by Crippen LogP contribution is 2.15. The number of hydrogen-bond acceptors (Lipinski definition) is 3. The smallest absolute Gasteiger partial charge is 0.230 e. The lowest BCUT2D eigenvalue weighted by atomic mass is 10.2. The van der Waals surface area contributed by atoms with Crippen LogP contribution in [-0.4, -0.2) is 24.0 Å². The Bertz CT molecular complexity index is 575. The molecule has 2 rings (SSSR count). The lowest BCUT2D eigenvalue weighted by Gasteiger charge is -2.07. The summed E-state index contributed by atoms with van der Waals surface area (Å²) in [5.74, 6) is 2.04. The quantitative estimate of drug-likeness (QED) is 0.746. The van der Waals surface area contributed by atoms with E-state index in [4.69, 9.17) is 16.3 Å². The number of ether oxygens (including phenoxy) is 1. The van der Waals surface area contributed by atoms with Gasteiger partial charge in [0.05, 0.1) is 12.4 Å². The molecule has 0 heterocycles. The number of hydrogen-bond donors (Lipinski definition) is 1. The van der Waals surface area contributed by atoms with E-state index in [1.807, 2.05) is 42.5 Å². The Morgan fingerprint density at radius 2 is 1.82 bits per heavy atom. The van der Waals surface area contributed by atoms with Crippen molar-refractivity contribution in [1.29, 1.82) is 0 Å². The number of carbonyl (C=O) groups is 1. The van der Waals surface area contributed by atoms with Gasteiger partial charge in [0.25, 0.3) is 0 Å². The maximum Gasteiger partial charge on any atom is 0.230 e. The highest BCUT2D eigenvalue weighted by Gasteiger charge is 2.01. The van der Waals surface area contributed by atoms with Gasteiger partial charge in [-0.3, -0.25) is 4.79 Å². The van der Waals surface area contributed by atoms with E-state index in [1.165, 1.54) is 0 Å². The van der Waals surface area contributed by atoms with E-state index >= 15 is 0 Å². The average Bonchev–Trinajstić information content (AvgIpc) is 2.55. The summed E-state index contributed by atoms with van der Waals surface area (Å²) in [6.45, 7) is 1.14. The normalized spacial score (nSPS) is 10.2. The van der Waals surface area contributed by atoms with Gasteiger partial charge >= 0.3 is 0 Å². The van der Waals surface area contributed by atoms with E-state index in [9.17, 15) is 4.79 Å². The maximum absolute atomic E-state index is 11.7. The monoisotopic (exact) mass is 335 g/mol. The zero-order valence-corrected chi connectivity index (χ0v) is 13.7. The summed E-state index contributed by atoms with van der Waals surface area (Å²) >= 11 is 7.36. The van der Waals surface area contributed by atoms with Crippen LogP contribution < -0.4 is 10.1 Å². The minimum atomic E-state index is 0.0420. The van der Waals surface area contributed by atoms with Gasteiger partial charge in [-0.1, -0.05) is 41.9 Å². The van der Waals surface area contributed by atoms with Gasteiger partial charge in [-0.15, -0.1) is 11.8 Å². The van der Waals surface area contributed by atoms with Crippen LogP contribution in [-0.2, 0) is 11.3 Å². The van der Waals surface area contributed by atoms with Crippen molar-refractivity contribution >= 4 is 29.3 Å². The summed E-state index contributed by atoms with van der Waals surface area (Å²) in [6.07, 6.45) is 0. The van der Waals surface area contributed by atoms with E-state index in [1.54, 1.807) is 23.9 Å². The van der Waals surface area contributed by atoms with Crippen LogP contribution in [0.3, 0.4) is 0 Å². The molecule has 2 aromatic rings. The Morgan fingerprint density at radius 3 is 2.55 bits per heavy atom. The first-order valence-electron chi connectivity index (χ1n) is 7.01. The van der Waals surface area contributed by atoms with Gasteiger partial charge in [-0.2, -0.15) is 0 Å². The number of nitrogens with one attached hydrogen (secondary N) is 1.